The SMILES string of the molecule is CCC(=O)CCCCC[C@@H]1CC(=O)[C@H]2CCCCN2C(=O)[C@H](C(C)CC)NC(=O)[C@H](Cc2cn(OC)c3ccc(Br)cc23)NC1=O. The second kappa shape index (κ2) is 16.6. The molecule has 2 aliphatic rings. The highest BCUT2D eigenvalue weighted by atomic mass is 79.9. The van der Waals surface area contributed by atoms with Crippen LogP contribution in [-0.4, -0.2) is 70.7 Å². The van der Waals surface area contributed by atoms with E-state index in [1.807, 2.05) is 39.0 Å². The molecule has 5 atom stereocenters. The lowest BCUT2D eigenvalue weighted by atomic mass is 9.87. The molecule has 46 heavy (non-hydrogen) atoms. The van der Waals surface area contributed by atoms with Gasteiger partial charge in [0.05, 0.1) is 11.6 Å². The Hall–Kier alpha value is -3.21. The standard InChI is InChI=1S/C35H49BrN4O6/c1-5-22(3)32-35(45)39-17-11-10-14-30(39)31(42)19-23(12-8-7-9-13-26(41)6-2)33(43)37-28(34(44)38-32)18-24-21-40(46-4)29-16-15-25(36)20-27(24)29/h15-16,20-23,28,30,32H,5-14,17-19H2,1-4H3,(H,37,43)(H,38,44)/t22?,23-,28+,30-,32+/m1/s1. The van der Waals surface area contributed by atoms with E-state index in [4.69, 9.17) is 4.84 Å². The third-order valence-electron chi connectivity index (χ3n) is 9.72. The molecule has 1 unspecified atom stereocenters. The minimum absolute atomic E-state index is 0.00639. The summed E-state index contributed by atoms with van der Waals surface area (Å²) in [7, 11) is 1.56. The van der Waals surface area contributed by atoms with Crippen LogP contribution < -0.4 is 15.5 Å². The number of halogens is 1. The smallest absolute Gasteiger partial charge is 0.246 e. The Morgan fingerprint density at radius 3 is 2.57 bits per heavy atom. The molecular weight excluding hydrogens is 652 g/mol. The van der Waals surface area contributed by atoms with E-state index in [1.165, 1.54) is 0 Å². The van der Waals surface area contributed by atoms with E-state index in [0.717, 1.165) is 46.6 Å². The lowest BCUT2D eigenvalue weighted by Gasteiger charge is -2.39. The van der Waals surface area contributed by atoms with Crippen LogP contribution in [0, 0.1) is 11.8 Å². The van der Waals surface area contributed by atoms with Crippen molar-refractivity contribution in [2.75, 3.05) is 13.7 Å². The average molecular weight is 702 g/mol. The van der Waals surface area contributed by atoms with Gasteiger partial charge in [-0.2, -0.15) is 4.73 Å². The molecule has 4 rings (SSSR count). The number of fused-ring (bicyclic) bond motifs is 2. The van der Waals surface area contributed by atoms with Crippen LogP contribution in [-0.2, 0) is 30.4 Å². The van der Waals surface area contributed by atoms with E-state index < -0.39 is 30.0 Å². The van der Waals surface area contributed by atoms with Crippen molar-refractivity contribution in [3.05, 3.63) is 34.4 Å². The fraction of sp³-hybridized carbons (Fsp3) is 0.629. The number of hydrogen-bond acceptors (Lipinski definition) is 6. The molecule has 0 saturated carbocycles. The number of nitrogens with zero attached hydrogens (tertiary/aromatic N) is 2. The maximum atomic E-state index is 14.1. The molecule has 0 spiro atoms. The predicted molar refractivity (Wildman–Crippen MR) is 180 cm³/mol. The van der Waals surface area contributed by atoms with Gasteiger partial charge in [0.25, 0.3) is 0 Å². The van der Waals surface area contributed by atoms with Crippen LogP contribution in [0.4, 0.5) is 0 Å². The monoisotopic (exact) mass is 700 g/mol. The normalized spacial score (nSPS) is 23.6. The number of aromatic nitrogens is 1. The Balaban J connectivity index is 1.68. The largest absolute Gasteiger partial charge is 0.417 e. The molecule has 1 aromatic heterocycles. The first-order valence-electron chi connectivity index (χ1n) is 16.9. The van der Waals surface area contributed by atoms with Crippen molar-refractivity contribution in [3.63, 3.8) is 0 Å². The molecule has 11 heteroatoms. The molecule has 10 nitrogen and oxygen atoms in total. The van der Waals surface area contributed by atoms with E-state index in [0.29, 0.717) is 45.1 Å². The van der Waals surface area contributed by atoms with Crippen LogP contribution >= 0.6 is 15.9 Å². The maximum Gasteiger partial charge on any atom is 0.246 e. The number of piperidine rings is 1. The summed E-state index contributed by atoms with van der Waals surface area (Å²) in [5, 5.41) is 6.87. The van der Waals surface area contributed by atoms with Crippen LogP contribution in [0.3, 0.4) is 0 Å². The van der Waals surface area contributed by atoms with Gasteiger partial charge in [-0.1, -0.05) is 56.0 Å². The molecule has 0 aliphatic carbocycles. The van der Waals surface area contributed by atoms with Gasteiger partial charge in [-0.25, -0.2) is 0 Å². The fourth-order valence-corrected chi connectivity index (χ4v) is 7.05. The quantitative estimate of drug-likeness (QED) is 0.303. The molecule has 2 saturated heterocycles. The third-order valence-corrected chi connectivity index (χ3v) is 10.2. The van der Waals surface area contributed by atoms with E-state index >= 15 is 0 Å². The molecule has 252 valence electrons. The first-order valence-corrected chi connectivity index (χ1v) is 17.7. The third kappa shape index (κ3) is 8.57. The second-order valence-electron chi connectivity index (χ2n) is 12.9. The molecule has 0 radical (unpaired) electrons. The highest BCUT2D eigenvalue weighted by Gasteiger charge is 2.41. The van der Waals surface area contributed by atoms with Gasteiger partial charge in [0, 0.05) is 54.2 Å². The lowest BCUT2D eigenvalue weighted by molar-refractivity contribution is -0.147. The Labute approximate surface area is 280 Å². The Morgan fingerprint density at radius 2 is 1.85 bits per heavy atom. The molecule has 3 heterocycles. The molecule has 2 aromatic rings. The van der Waals surface area contributed by atoms with Gasteiger partial charge < -0.3 is 20.4 Å². The summed E-state index contributed by atoms with van der Waals surface area (Å²) >= 11 is 3.54. The Morgan fingerprint density at radius 1 is 1.07 bits per heavy atom. The van der Waals surface area contributed by atoms with E-state index in [1.54, 1.807) is 22.9 Å². The summed E-state index contributed by atoms with van der Waals surface area (Å²) in [5.74, 6) is -1.72. The van der Waals surface area contributed by atoms with E-state index in [9.17, 15) is 24.0 Å². The highest BCUT2D eigenvalue weighted by molar-refractivity contribution is 9.10. The number of ketones is 2. The first kappa shape index (κ1) is 35.6. The summed E-state index contributed by atoms with van der Waals surface area (Å²) in [6.07, 6.45) is 8.47. The molecule has 2 fully saturated rings. The first-order chi connectivity index (χ1) is 22.1. The lowest BCUT2D eigenvalue weighted by Crippen LogP contribution is -2.61. The zero-order valence-corrected chi connectivity index (χ0v) is 29.2. The Bertz CT molecular complexity index is 1420. The van der Waals surface area contributed by atoms with Crippen LogP contribution in [0.15, 0.2) is 28.9 Å². The van der Waals surface area contributed by atoms with Crippen molar-refractivity contribution in [2.45, 2.75) is 116 Å². The minimum atomic E-state index is -0.988. The van der Waals surface area contributed by atoms with E-state index in [-0.39, 0.29) is 42.1 Å². The second-order valence-corrected chi connectivity index (χ2v) is 13.8. The number of hydrogen-bond donors (Lipinski definition) is 2. The van der Waals surface area contributed by atoms with Crippen molar-refractivity contribution in [1.29, 1.82) is 0 Å². The summed E-state index contributed by atoms with van der Waals surface area (Å²) in [4.78, 5) is 75.0. The zero-order valence-electron chi connectivity index (χ0n) is 27.6. The molecule has 0 bridgehead atoms. The zero-order chi connectivity index (χ0) is 33.4. The van der Waals surface area contributed by atoms with Gasteiger partial charge in [-0.15, -0.1) is 0 Å². The highest BCUT2D eigenvalue weighted by Crippen LogP contribution is 2.28. The summed E-state index contributed by atoms with van der Waals surface area (Å²) in [6.45, 7) is 6.20. The summed E-state index contributed by atoms with van der Waals surface area (Å²) in [5.41, 5.74) is 1.61. The number of benzene rings is 1. The van der Waals surface area contributed by atoms with Gasteiger partial charge >= 0.3 is 0 Å². The predicted octanol–water partition coefficient (Wildman–Crippen LogP) is 4.92. The topological polar surface area (TPSA) is 127 Å². The number of Topliss-reactive ketones (excluding diaryl/α,β-unsaturated/α-hetero) is 2. The van der Waals surface area contributed by atoms with Crippen molar-refractivity contribution < 1.29 is 28.8 Å². The molecule has 1 aromatic carbocycles. The summed E-state index contributed by atoms with van der Waals surface area (Å²) < 4.78 is 2.49. The average Bonchev–Trinajstić information content (AvgIpc) is 3.40. The van der Waals surface area contributed by atoms with Crippen molar-refractivity contribution in [3.8, 4) is 0 Å². The van der Waals surface area contributed by atoms with Crippen molar-refractivity contribution >= 4 is 56.1 Å². The number of carbonyl (C=O) groups excluding carboxylic acids is 5. The number of rotatable bonds is 12. The van der Waals surface area contributed by atoms with Crippen LogP contribution in [0.2, 0.25) is 0 Å². The Kier molecular flexibility index (Phi) is 12.8. The number of nitrogens with one attached hydrogen (secondary N) is 2. The fourth-order valence-electron chi connectivity index (χ4n) is 6.69. The van der Waals surface area contributed by atoms with Crippen molar-refractivity contribution in [1.82, 2.24) is 20.3 Å². The van der Waals surface area contributed by atoms with Crippen LogP contribution in [0.5, 0.6) is 0 Å². The molecular formula is C35H49BrN4O6. The molecule has 2 N–H and O–H groups in total. The maximum absolute atomic E-state index is 14.1. The molecule has 2 aliphatic heterocycles. The molecule has 3 amide bonds. The summed E-state index contributed by atoms with van der Waals surface area (Å²) in [6, 6.07) is 3.35. The number of amides is 3. The minimum Gasteiger partial charge on any atom is -0.417 e. The number of carbonyl (C=O) groups is 5. The van der Waals surface area contributed by atoms with Gasteiger partial charge in [0.15, 0.2) is 5.78 Å². The van der Waals surface area contributed by atoms with Gasteiger partial charge in [-0.3, -0.25) is 24.0 Å². The van der Waals surface area contributed by atoms with Gasteiger partial charge in [-0.05, 0) is 61.8 Å². The number of unbranched alkanes of at least 4 members (excludes halogenated alkanes) is 2. The van der Waals surface area contributed by atoms with Crippen LogP contribution in [0.1, 0.15) is 97.0 Å². The van der Waals surface area contributed by atoms with Gasteiger partial charge in [0.2, 0.25) is 17.7 Å². The van der Waals surface area contributed by atoms with E-state index in [2.05, 4.69) is 26.6 Å². The van der Waals surface area contributed by atoms with Gasteiger partial charge in [0.1, 0.15) is 25.0 Å². The van der Waals surface area contributed by atoms with Crippen LogP contribution in [0.25, 0.3) is 10.9 Å². The van der Waals surface area contributed by atoms with Crippen molar-refractivity contribution in [2.24, 2.45) is 11.8 Å².